The van der Waals surface area contributed by atoms with Crippen molar-refractivity contribution in [2.75, 3.05) is 31.5 Å². The molecule has 2 fully saturated rings. The zero-order valence-electron chi connectivity index (χ0n) is 18.4. The molecular formula is C22H27FN4O4S2. The molecule has 1 N–H and O–H groups in total. The van der Waals surface area contributed by atoms with Gasteiger partial charge >= 0.3 is 0 Å². The summed E-state index contributed by atoms with van der Waals surface area (Å²) in [4.78, 5) is 31.6. The fourth-order valence-corrected chi connectivity index (χ4v) is 6.50. The van der Waals surface area contributed by atoms with Gasteiger partial charge in [0.2, 0.25) is 21.8 Å². The van der Waals surface area contributed by atoms with Crippen LogP contribution in [0, 0.1) is 24.6 Å². The van der Waals surface area contributed by atoms with Crippen molar-refractivity contribution >= 4 is 38.3 Å². The van der Waals surface area contributed by atoms with Gasteiger partial charge in [-0.05, 0) is 56.9 Å². The molecule has 0 saturated carbocycles. The largest absolute Gasteiger partial charge is 0.342 e. The van der Waals surface area contributed by atoms with Crippen molar-refractivity contribution in [2.24, 2.45) is 11.8 Å². The van der Waals surface area contributed by atoms with Gasteiger partial charge in [-0.1, -0.05) is 0 Å². The smallest absolute Gasteiger partial charge is 0.243 e. The minimum Gasteiger partial charge on any atom is -0.342 e. The van der Waals surface area contributed by atoms with E-state index in [0.29, 0.717) is 43.9 Å². The third kappa shape index (κ3) is 5.42. The topological polar surface area (TPSA) is 99.7 Å². The second-order valence-electron chi connectivity index (χ2n) is 8.52. The highest BCUT2D eigenvalue weighted by molar-refractivity contribution is 7.89. The number of amides is 2. The lowest BCUT2D eigenvalue weighted by Gasteiger charge is -2.36. The number of likely N-dealkylation sites (tertiary alicyclic amines) is 1. The Kier molecular flexibility index (Phi) is 7.10. The zero-order chi connectivity index (χ0) is 23.6. The van der Waals surface area contributed by atoms with Crippen molar-refractivity contribution in [2.45, 2.75) is 37.5 Å². The molecule has 1 aromatic carbocycles. The third-order valence-electron chi connectivity index (χ3n) is 6.28. The average Bonchev–Trinajstić information content (AvgIpc) is 3.23. The number of benzene rings is 1. The number of anilines is 1. The van der Waals surface area contributed by atoms with E-state index >= 15 is 0 Å². The van der Waals surface area contributed by atoms with Crippen molar-refractivity contribution in [1.82, 2.24) is 14.2 Å². The highest BCUT2D eigenvalue weighted by atomic mass is 32.2. The molecule has 11 heteroatoms. The Hall–Kier alpha value is -2.37. The summed E-state index contributed by atoms with van der Waals surface area (Å²) in [5, 5.41) is 5.33. The number of nitrogens with zero attached hydrogens (tertiary/aromatic N) is 3. The fourth-order valence-electron chi connectivity index (χ4n) is 4.34. The summed E-state index contributed by atoms with van der Waals surface area (Å²) >= 11 is 1.40. The molecule has 2 aromatic rings. The van der Waals surface area contributed by atoms with E-state index in [-0.39, 0.29) is 41.6 Å². The summed E-state index contributed by atoms with van der Waals surface area (Å²) in [7, 11) is -3.70. The van der Waals surface area contributed by atoms with Crippen LogP contribution in [0.3, 0.4) is 0 Å². The van der Waals surface area contributed by atoms with E-state index in [1.54, 1.807) is 4.90 Å². The zero-order valence-corrected chi connectivity index (χ0v) is 20.0. The molecule has 33 heavy (non-hydrogen) atoms. The van der Waals surface area contributed by atoms with Crippen LogP contribution in [0.15, 0.2) is 34.5 Å². The van der Waals surface area contributed by atoms with Gasteiger partial charge in [-0.3, -0.25) is 9.59 Å². The third-order valence-corrected chi connectivity index (χ3v) is 9.07. The van der Waals surface area contributed by atoms with Crippen LogP contribution in [0.5, 0.6) is 0 Å². The molecule has 4 rings (SSSR count). The number of rotatable bonds is 5. The van der Waals surface area contributed by atoms with Crippen LogP contribution in [0.1, 0.15) is 31.4 Å². The van der Waals surface area contributed by atoms with Gasteiger partial charge in [0.25, 0.3) is 0 Å². The first-order chi connectivity index (χ1) is 15.7. The average molecular weight is 495 g/mol. The number of hydrogen-bond donors (Lipinski definition) is 1. The second-order valence-corrected chi connectivity index (χ2v) is 11.3. The molecule has 0 bridgehead atoms. The van der Waals surface area contributed by atoms with Gasteiger partial charge in [-0.25, -0.2) is 17.8 Å². The predicted molar refractivity (Wildman–Crippen MR) is 123 cm³/mol. The Balaban J connectivity index is 1.26. The molecule has 0 radical (unpaired) electrons. The lowest BCUT2D eigenvalue weighted by Crippen LogP contribution is -2.47. The summed E-state index contributed by atoms with van der Waals surface area (Å²) < 4.78 is 40.0. The van der Waals surface area contributed by atoms with E-state index < -0.39 is 15.8 Å². The van der Waals surface area contributed by atoms with Crippen molar-refractivity contribution in [3.05, 3.63) is 41.2 Å². The quantitative estimate of drug-likeness (QED) is 0.689. The van der Waals surface area contributed by atoms with Gasteiger partial charge in [-0.15, -0.1) is 11.3 Å². The Morgan fingerprint density at radius 2 is 1.64 bits per heavy atom. The van der Waals surface area contributed by atoms with Crippen LogP contribution in [0.2, 0.25) is 0 Å². The number of sulfonamides is 1. The molecule has 2 amide bonds. The van der Waals surface area contributed by atoms with Gasteiger partial charge in [0.15, 0.2) is 5.13 Å². The first-order valence-electron chi connectivity index (χ1n) is 11.0. The summed E-state index contributed by atoms with van der Waals surface area (Å²) in [6.45, 7) is 3.41. The maximum Gasteiger partial charge on any atom is 0.243 e. The van der Waals surface area contributed by atoms with Gasteiger partial charge in [-0.2, -0.15) is 4.31 Å². The molecule has 0 atom stereocenters. The minimum atomic E-state index is -3.70. The number of halogens is 1. The van der Waals surface area contributed by atoms with Crippen LogP contribution < -0.4 is 5.32 Å². The van der Waals surface area contributed by atoms with Crippen molar-refractivity contribution in [3.63, 3.8) is 0 Å². The Morgan fingerprint density at radius 3 is 2.21 bits per heavy atom. The van der Waals surface area contributed by atoms with Crippen LogP contribution in [-0.4, -0.2) is 60.6 Å². The first-order valence-corrected chi connectivity index (χ1v) is 13.3. The summed E-state index contributed by atoms with van der Waals surface area (Å²) in [5.41, 5.74) is 0.868. The normalized spacial score (nSPS) is 18.9. The van der Waals surface area contributed by atoms with E-state index in [1.165, 1.54) is 27.8 Å². The van der Waals surface area contributed by atoms with Gasteiger partial charge in [0, 0.05) is 43.4 Å². The molecule has 2 aliphatic rings. The van der Waals surface area contributed by atoms with Crippen molar-refractivity contribution in [1.29, 1.82) is 0 Å². The number of hydrogen-bond acceptors (Lipinski definition) is 6. The van der Waals surface area contributed by atoms with E-state index in [2.05, 4.69) is 10.3 Å². The summed E-state index contributed by atoms with van der Waals surface area (Å²) in [6.07, 6.45) is 2.09. The molecule has 2 aliphatic heterocycles. The molecule has 1 aromatic heterocycles. The Morgan fingerprint density at radius 1 is 1.03 bits per heavy atom. The van der Waals surface area contributed by atoms with Gasteiger partial charge in [0.05, 0.1) is 10.6 Å². The summed E-state index contributed by atoms with van der Waals surface area (Å²) in [5.74, 6) is -0.897. The monoisotopic (exact) mass is 494 g/mol. The SMILES string of the molecule is Cc1csc(NC(=O)C2CCN(C(=O)C3CCN(S(=O)(=O)c4ccc(F)cc4)CC3)CC2)n1. The maximum absolute atomic E-state index is 13.1. The molecule has 178 valence electrons. The van der Waals surface area contributed by atoms with E-state index in [0.717, 1.165) is 17.8 Å². The molecule has 3 heterocycles. The number of carbonyl (C=O) groups excluding carboxylic acids is 2. The number of carbonyl (C=O) groups is 2. The standard InChI is InChI=1S/C22H27FN4O4S2/c1-15-14-32-22(24-15)25-20(28)16-6-10-26(11-7-16)21(29)17-8-12-27(13-9-17)33(30,31)19-4-2-18(23)3-5-19/h2-5,14,16-17H,6-13H2,1H3,(H,24,25,28). The lowest BCUT2D eigenvalue weighted by molar-refractivity contribution is -0.139. The number of aromatic nitrogens is 1. The van der Waals surface area contributed by atoms with Crippen LogP contribution in [-0.2, 0) is 19.6 Å². The first kappa shape index (κ1) is 23.8. The number of aryl methyl sites for hydroxylation is 1. The van der Waals surface area contributed by atoms with Crippen LogP contribution in [0.25, 0.3) is 0 Å². The molecular weight excluding hydrogens is 467 g/mol. The van der Waals surface area contributed by atoms with Crippen molar-refractivity contribution < 1.29 is 22.4 Å². The second kappa shape index (κ2) is 9.86. The predicted octanol–water partition coefficient (Wildman–Crippen LogP) is 2.87. The lowest BCUT2D eigenvalue weighted by atomic mass is 9.92. The number of thiazole rings is 1. The number of nitrogens with one attached hydrogen (secondary N) is 1. The van der Waals surface area contributed by atoms with Gasteiger partial charge < -0.3 is 10.2 Å². The molecule has 2 saturated heterocycles. The molecule has 8 nitrogen and oxygen atoms in total. The van der Waals surface area contributed by atoms with Gasteiger partial charge in [0.1, 0.15) is 5.82 Å². The molecule has 0 spiro atoms. The fraction of sp³-hybridized carbons (Fsp3) is 0.500. The van der Waals surface area contributed by atoms with Crippen LogP contribution >= 0.6 is 11.3 Å². The van der Waals surface area contributed by atoms with Crippen LogP contribution in [0.4, 0.5) is 9.52 Å². The summed E-state index contributed by atoms with van der Waals surface area (Å²) in [6, 6.07) is 4.78. The van der Waals surface area contributed by atoms with Crippen molar-refractivity contribution in [3.8, 4) is 0 Å². The number of piperidine rings is 2. The van der Waals surface area contributed by atoms with E-state index in [4.69, 9.17) is 0 Å². The van der Waals surface area contributed by atoms with E-state index in [1.807, 2.05) is 12.3 Å². The molecule has 0 aliphatic carbocycles. The minimum absolute atomic E-state index is 0.0308. The highest BCUT2D eigenvalue weighted by Crippen LogP contribution is 2.28. The maximum atomic E-state index is 13.1. The Bertz CT molecular complexity index is 1100. The highest BCUT2D eigenvalue weighted by Gasteiger charge is 2.35. The molecule has 0 unspecified atom stereocenters. The Labute approximate surface area is 196 Å². The van der Waals surface area contributed by atoms with E-state index in [9.17, 15) is 22.4 Å².